The van der Waals surface area contributed by atoms with Gasteiger partial charge in [0.2, 0.25) is 0 Å². The first kappa shape index (κ1) is 14.5. The van der Waals surface area contributed by atoms with Gasteiger partial charge >= 0.3 is 0 Å². The number of aryl methyl sites for hydroxylation is 1. The molecule has 2 aromatic rings. The van der Waals surface area contributed by atoms with Gasteiger partial charge in [-0.3, -0.25) is 4.98 Å². The van der Waals surface area contributed by atoms with E-state index in [0.717, 1.165) is 18.3 Å². The first-order valence-corrected chi connectivity index (χ1v) is 8.48. The monoisotopic (exact) mass is 301 g/mol. The van der Waals surface area contributed by atoms with Crippen LogP contribution in [0.2, 0.25) is 0 Å². The number of aromatic nitrogens is 1. The molecule has 3 rings (SSSR count). The van der Waals surface area contributed by atoms with E-state index in [1.54, 1.807) is 0 Å². The molecule has 0 bridgehead atoms. The number of anilines is 1. The van der Waals surface area contributed by atoms with E-state index in [4.69, 9.17) is 0 Å². The van der Waals surface area contributed by atoms with Gasteiger partial charge in [0.05, 0.1) is 6.04 Å². The lowest BCUT2D eigenvalue weighted by Crippen LogP contribution is -2.24. The van der Waals surface area contributed by atoms with E-state index in [1.807, 2.05) is 17.5 Å². The Hall–Kier alpha value is -1.39. The molecule has 1 N–H and O–H groups in total. The maximum absolute atomic E-state index is 4.48. The van der Waals surface area contributed by atoms with Crippen molar-refractivity contribution >= 4 is 17.0 Å². The fourth-order valence-electron chi connectivity index (χ4n) is 2.51. The molecule has 4 heteroatoms. The summed E-state index contributed by atoms with van der Waals surface area (Å²) >= 11 is 1.82. The van der Waals surface area contributed by atoms with E-state index in [-0.39, 0.29) is 0 Å². The van der Waals surface area contributed by atoms with Crippen molar-refractivity contribution in [2.75, 3.05) is 11.9 Å². The molecule has 21 heavy (non-hydrogen) atoms. The Morgan fingerprint density at radius 1 is 1.48 bits per heavy atom. The number of nitrogens with zero attached hydrogens (tertiary/aromatic N) is 2. The van der Waals surface area contributed by atoms with E-state index < -0.39 is 0 Å². The highest BCUT2D eigenvalue weighted by Gasteiger charge is 2.22. The lowest BCUT2D eigenvalue weighted by Gasteiger charge is -2.28. The first-order valence-electron chi connectivity index (χ1n) is 7.60. The van der Waals surface area contributed by atoms with Gasteiger partial charge in [0.1, 0.15) is 0 Å². The van der Waals surface area contributed by atoms with E-state index in [2.05, 4.69) is 59.7 Å². The van der Waals surface area contributed by atoms with Crippen molar-refractivity contribution in [3.8, 4) is 0 Å². The topological polar surface area (TPSA) is 28.2 Å². The molecule has 2 aromatic heterocycles. The SMILES string of the molecule is Cc1cc(N(C)C(C)c2cccs2)c(CNC2CC2)cn1. The lowest BCUT2D eigenvalue weighted by atomic mass is 10.1. The zero-order valence-corrected chi connectivity index (χ0v) is 13.8. The van der Waals surface area contributed by atoms with Crippen molar-refractivity contribution in [2.24, 2.45) is 0 Å². The molecule has 1 saturated carbocycles. The van der Waals surface area contributed by atoms with E-state index in [9.17, 15) is 0 Å². The van der Waals surface area contributed by atoms with E-state index in [1.165, 1.54) is 29.0 Å². The molecule has 2 heterocycles. The molecule has 3 nitrogen and oxygen atoms in total. The third-order valence-electron chi connectivity index (χ3n) is 4.17. The van der Waals surface area contributed by atoms with Crippen LogP contribution in [0.15, 0.2) is 29.8 Å². The van der Waals surface area contributed by atoms with Crippen molar-refractivity contribution in [3.05, 3.63) is 45.9 Å². The Bertz CT molecular complexity index is 590. The fourth-order valence-corrected chi connectivity index (χ4v) is 3.33. The Kier molecular flexibility index (Phi) is 4.27. The second-order valence-corrected chi connectivity index (χ2v) is 6.89. The molecule has 0 radical (unpaired) electrons. The van der Waals surface area contributed by atoms with Gasteiger partial charge in [-0.05, 0) is 44.2 Å². The quantitative estimate of drug-likeness (QED) is 0.877. The third kappa shape index (κ3) is 3.44. The molecule has 1 unspecified atom stereocenters. The maximum Gasteiger partial charge on any atom is 0.0603 e. The number of rotatable bonds is 6. The van der Waals surface area contributed by atoms with Crippen molar-refractivity contribution < 1.29 is 0 Å². The summed E-state index contributed by atoms with van der Waals surface area (Å²) in [5.74, 6) is 0. The molecule has 1 aliphatic rings. The minimum absolute atomic E-state index is 0.381. The fraction of sp³-hybridized carbons (Fsp3) is 0.471. The van der Waals surface area contributed by atoms with Crippen LogP contribution in [0.1, 0.15) is 41.9 Å². The Morgan fingerprint density at radius 2 is 2.29 bits per heavy atom. The highest BCUT2D eigenvalue weighted by atomic mass is 32.1. The molecule has 0 aromatic carbocycles. The average molecular weight is 301 g/mol. The number of pyridine rings is 1. The molecule has 0 spiro atoms. The van der Waals surface area contributed by atoms with Gasteiger partial charge in [0.25, 0.3) is 0 Å². The summed E-state index contributed by atoms with van der Waals surface area (Å²) in [6, 6.07) is 7.64. The van der Waals surface area contributed by atoms with Crippen LogP contribution in [0.4, 0.5) is 5.69 Å². The van der Waals surface area contributed by atoms with Crippen LogP contribution in [-0.4, -0.2) is 18.1 Å². The van der Waals surface area contributed by atoms with Gasteiger partial charge in [-0.25, -0.2) is 0 Å². The third-order valence-corrected chi connectivity index (χ3v) is 5.22. The Labute approximate surface area is 131 Å². The summed E-state index contributed by atoms with van der Waals surface area (Å²) in [6.45, 7) is 5.24. The first-order chi connectivity index (χ1) is 10.1. The molecule has 0 saturated heterocycles. The second-order valence-electron chi connectivity index (χ2n) is 5.91. The van der Waals surface area contributed by atoms with Crippen molar-refractivity contribution in [1.82, 2.24) is 10.3 Å². The molecule has 1 atom stereocenters. The summed E-state index contributed by atoms with van der Waals surface area (Å²) in [5, 5.41) is 5.74. The number of hydrogen-bond donors (Lipinski definition) is 1. The standard InChI is InChI=1S/C17H23N3S/c1-12-9-16(14(10-18-12)11-19-15-6-7-15)20(3)13(2)17-5-4-8-21-17/h4-5,8-10,13,15,19H,6-7,11H2,1-3H3. The number of nitrogens with one attached hydrogen (secondary N) is 1. The van der Waals surface area contributed by atoms with Gasteiger partial charge < -0.3 is 10.2 Å². The van der Waals surface area contributed by atoms with Crippen molar-refractivity contribution in [3.63, 3.8) is 0 Å². The molecule has 0 amide bonds. The van der Waals surface area contributed by atoms with Crippen LogP contribution >= 0.6 is 11.3 Å². The highest BCUT2D eigenvalue weighted by molar-refractivity contribution is 7.10. The second kappa shape index (κ2) is 6.16. The van der Waals surface area contributed by atoms with Gasteiger partial charge in [0, 0.05) is 47.7 Å². The Balaban J connectivity index is 1.82. The van der Waals surface area contributed by atoms with Gasteiger partial charge in [-0.15, -0.1) is 11.3 Å². The zero-order chi connectivity index (χ0) is 14.8. The highest BCUT2D eigenvalue weighted by Crippen LogP contribution is 2.31. The summed E-state index contributed by atoms with van der Waals surface area (Å²) in [4.78, 5) is 8.24. The van der Waals surface area contributed by atoms with Crippen LogP contribution in [0.5, 0.6) is 0 Å². The molecular formula is C17H23N3S. The maximum atomic E-state index is 4.48. The largest absolute Gasteiger partial charge is 0.367 e. The summed E-state index contributed by atoms with van der Waals surface area (Å²) in [6.07, 6.45) is 4.66. The zero-order valence-electron chi connectivity index (χ0n) is 13.0. The number of hydrogen-bond acceptors (Lipinski definition) is 4. The molecule has 1 aliphatic carbocycles. The smallest absolute Gasteiger partial charge is 0.0603 e. The van der Waals surface area contributed by atoms with Crippen LogP contribution in [0, 0.1) is 6.92 Å². The minimum Gasteiger partial charge on any atom is -0.367 e. The molecular weight excluding hydrogens is 278 g/mol. The molecule has 0 aliphatic heterocycles. The number of thiophene rings is 1. The Morgan fingerprint density at radius 3 is 2.95 bits per heavy atom. The predicted molar refractivity (Wildman–Crippen MR) is 90.0 cm³/mol. The van der Waals surface area contributed by atoms with E-state index in [0.29, 0.717) is 6.04 Å². The van der Waals surface area contributed by atoms with Crippen LogP contribution in [0.25, 0.3) is 0 Å². The van der Waals surface area contributed by atoms with Crippen molar-refractivity contribution in [1.29, 1.82) is 0 Å². The molecule has 1 fully saturated rings. The van der Waals surface area contributed by atoms with Crippen LogP contribution in [0.3, 0.4) is 0 Å². The van der Waals surface area contributed by atoms with Crippen molar-refractivity contribution in [2.45, 2.75) is 45.3 Å². The van der Waals surface area contributed by atoms with Gasteiger partial charge in [0.15, 0.2) is 0 Å². The predicted octanol–water partition coefficient (Wildman–Crippen LogP) is 3.90. The average Bonchev–Trinajstić information content (AvgIpc) is 3.16. The van der Waals surface area contributed by atoms with Crippen LogP contribution < -0.4 is 10.2 Å². The van der Waals surface area contributed by atoms with Gasteiger partial charge in [-0.2, -0.15) is 0 Å². The van der Waals surface area contributed by atoms with Gasteiger partial charge in [-0.1, -0.05) is 6.07 Å². The lowest BCUT2D eigenvalue weighted by molar-refractivity contribution is 0.676. The van der Waals surface area contributed by atoms with Crippen LogP contribution in [-0.2, 0) is 6.54 Å². The normalized spacial score (nSPS) is 16.0. The summed E-state index contributed by atoms with van der Waals surface area (Å²) < 4.78 is 0. The molecule has 112 valence electrons. The minimum atomic E-state index is 0.381. The summed E-state index contributed by atoms with van der Waals surface area (Å²) in [5.41, 5.74) is 3.65. The summed E-state index contributed by atoms with van der Waals surface area (Å²) in [7, 11) is 2.18. The van der Waals surface area contributed by atoms with E-state index >= 15 is 0 Å².